The highest BCUT2D eigenvalue weighted by Crippen LogP contribution is 2.36. The first-order valence-electron chi connectivity index (χ1n) is 36.8. The van der Waals surface area contributed by atoms with Gasteiger partial charge in [-0.25, -0.2) is 8.78 Å². The summed E-state index contributed by atoms with van der Waals surface area (Å²) >= 11 is 0. The van der Waals surface area contributed by atoms with E-state index in [2.05, 4.69) is 37.6 Å². The lowest BCUT2D eigenvalue weighted by molar-refractivity contribution is -0.385. The van der Waals surface area contributed by atoms with Crippen LogP contribution in [-0.4, -0.2) is 83.2 Å². The molecule has 0 unspecified atom stereocenters. The molecule has 5 N–H and O–H groups in total. The van der Waals surface area contributed by atoms with Gasteiger partial charge < -0.3 is 50.3 Å². The second-order valence-corrected chi connectivity index (χ2v) is 25.8. The number of rotatable bonds is 27. The maximum atomic E-state index is 13.6. The number of Topliss-reactive ketones (excluding diaryl/α,β-unsaturated/α-hetero) is 1. The number of non-ortho nitro benzene ring substituents is 2. The Kier molecular flexibility index (Phi) is 32.9. The molecular weight excluding hydrogens is 1570 g/mol. The number of nitro groups is 2. The number of nitro benzene ring substituents is 2. The SMILES string of the molecule is CC(=O)c1ccc(OCC(=O)Nc2ccccc2C(F)(F)F)cc1.CC(F)(F)c1ccccc1NC(=O)COc1ccc(-c2ccccc2)cc1.N#Cc1ccc(-c2ccc(OCC(=O)Nc3cccc([N+](=O)[O-])c3)cc2)cc1.O=C(COc1cccc2cccnc12)Nc1cccc([N+](=O)[O-])c1.O=C(COc1ccccc1)NCc1ccccc1. The molecule has 121 heavy (non-hydrogen) atoms. The van der Waals surface area contributed by atoms with Crippen molar-refractivity contribution in [2.75, 3.05) is 54.3 Å². The highest BCUT2D eigenvalue weighted by atomic mass is 19.4. The summed E-state index contributed by atoms with van der Waals surface area (Å²) in [5, 5.41) is 43.8. The van der Waals surface area contributed by atoms with Crippen molar-refractivity contribution in [2.24, 2.45) is 0 Å². The maximum Gasteiger partial charge on any atom is 0.418 e. The number of nitrogens with one attached hydrogen (secondary N) is 5. The number of nitriles is 1. The minimum absolute atomic E-state index is 0.0385. The molecule has 0 saturated heterocycles. The molecule has 24 nitrogen and oxygen atoms in total. The van der Waals surface area contributed by atoms with Gasteiger partial charge in [0.25, 0.3) is 46.8 Å². The number of carbonyl (C=O) groups is 6. The van der Waals surface area contributed by atoms with Gasteiger partial charge in [0.1, 0.15) is 34.3 Å². The van der Waals surface area contributed by atoms with E-state index >= 15 is 0 Å². The normalized spacial score (nSPS) is 10.5. The number of ketones is 1. The number of hydrogen-bond acceptors (Lipinski definition) is 17. The first kappa shape index (κ1) is 89.0. The standard InChI is InChI=1S/C22H19F2NO2.C21H15N3O4.C17H14F3NO3.C17H13N3O4.C15H15NO2/c1-22(23,24)19-9-5-6-10-20(19)25-21(26)15-27-18-13-11-17(12-14-18)16-7-3-2-4-8-16;22-13-15-4-6-16(7-5-15)17-8-10-20(11-9-17)28-14-21(25)23-18-2-1-3-19(12-18)24(26)27;1-11(22)12-6-8-13(9-7-12)24-10-16(23)21-15-5-3-2-4-14(15)17(18,19)20;21-16(19-13-6-2-7-14(10-13)20(22)23)11-24-15-8-1-4-12-5-3-9-18-17(12)15;17-15(12-18-14-9-5-2-6-10-14)16-11-13-7-3-1-4-8-13/h2-14H,15H2,1H3,(H,25,26);1-12H,14H2,(H,23,25);2-9H,10H2,1H3,(H,21,23);1-10H,11H2,(H,19,21);1-10H,11-12H2,(H,16,17). The summed E-state index contributed by atoms with van der Waals surface area (Å²) in [5.41, 5.74) is 5.95. The number of halogens is 5. The summed E-state index contributed by atoms with van der Waals surface area (Å²) in [7, 11) is 0. The number of carbonyl (C=O) groups excluding carboxylic acids is 6. The Balaban J connectivity index is 0.000000173. The molecule has 0 aliphatic carbocycles. The van der Waals surface area contributed by atoms with E-state index in [-0.39, 0.29) is 66.4 Å². The molecule has 0 saturated carbocycles. The average Bonchev–Trinajstić information content (AvgIpc) is 0.827. The molecular formula is C92H76F5N9O15. The number of hydrogen-bond donors (Lipinski definition) is 5. The van der Waals surface area contributed by atoms with E-state index < -0.39 is 57.7 Å². The number of fused-ring (bicyclic) bond motifs is 1. The summed E-state index contributed by atoms with van der Waals surface area (Å²) in [6.07, 6.45) is -2.91. The van der Waals surface area contributed by atoms with Gasteiger partial charge in [-0.15, -0.1) is 0 Å². The maximum absolute atomic E-state index is 13.6. The molecule has 614 valence electrons. The van der Waals surface area contributed by atoms with E-state index in [9.17, 15) is 70.9 Å². The second-order valence-electron chi connectivity index (χ2n) is 25.8. The summed E-state index contributed by atoms with van der Waals surface area (Å²) < 4.78 is 92.7. The number of ether oxygens (including phenoxy) is 5. The van der Waals surface area contributed by atoms with Gasteiger partial charge in [0.15, 0.2) is 38.8 Å². The van der Waals surface area contributed by atoms with Gasteiger partial charge in [0.2, 0.25) is 0 Å². The first-order chi connectivity index (χ1) is 58.2. The third-order valence-electron chi connectivity index (χ3n) is 16.8. The summed E-state index contributed by atoms with van der Waals surface area (Å²) in [6, 6.07) is 90.0. The number of alkyl halides is 5. The van der Waals surface area contributed by atoms with E-state index in [1.54, 1.807) is 66.9 Å². The molecule has 0 fully saturated rings. The zero-order chi connectivity index (χ0) is 86.5. The van der Waals surface area contributed by atoms with Crippen molar-refractivity contribution in [2.45, 2.75) is 32.5 Å². The Labute approximate surface area is 690 Å². The third-order valence-corrected chi connectivity index (χ3v) is 16.8. The van der Waals surface area contributed by atoms with Gasteiger partial charge >= 0.3 is 6.18 Å². The van der Waals surface area contributed by atoms with Crippen LogP contribution in [0.3, 0.4) is 0 Å². The number of amides is 5. The predicted molar refractivity (Wildman–Crippen MR) is 447 cm³/mol. The molecule has 0 bridgehead atoms. The summed E-state index contributed by atoms with van der Waals surface area (Å²) in [5.74, 6) is -2.75. The number of para-hydroxylation sites is 4. The molecule has 0 radical (unpaired) electrons. The molecule has 1 aromatic heterocycles. The van der Waals surface area contributed by atoms with Crippen molar-refractivity contribution in [3.8, 4) is 57.1 Å². The quantitative estimate of drug-likeness (QED) is 0.0138. The van der Waals surface area contributed by atoms with Crippen LogP contribution in [0.15, 0.2) is 322 Å². The Hall–Kier alpha value is -16.0. The minimum atomic E-state index is -4.56. The van der Waals surface area contributed by atoms with Crippen molar-refractivity contribution >= 4 is 80.3 Å². The zero-order valence-electron chi connectivity index (χ0n) is 64.6. The van der Waals surface area contributed by atoms with Crippen LogP contribution >= 0.6 is 0 Å². The highest BCUT2D eigenvalue weighted by molar-refractivity contribution is 5.96. The molecule has 13 aromatic rings. The summed E-state index contributed by atoms with van der Waals surface area (Å²) in [6.45, 7) is 1.61. The van der Waals surface area contributed by atoms with Crippen LogP contribution in [0.25, 0.3) is 33.2 Å². The number of aromatic nitrogens is 1. The second kappa shape index (κ2) is 44.8. The lowest BCUT2D eigenvalue weighted by Gasteiger charge is -2.16. The number of pyridine rings is 1. The van der Waals surface area contributed by atoms with Crippen LogP contribution in [0.2, 0.25) is 0 Å². The van der Waals surface area contributed by atoms with Crippen molar-refractivity contribution in [3.05, 3.63) is 370 Å². The molecule has 0 spiro atoms. The van der Waals surface area contributed by atoms with Crippen LogP contribution in [0.5, 0.6) is 28.7 Å². The largest absolute Gasteiger partial charge is 0.484 e. The molecule has 13 rings (SSSR count). The van der Waals surface area contributed by atoms with Crippen LogP contribution in [0.4, 0.5) is 56.1 Å². The van der Waals surface area contributed by atoms with Crippen molar-refractivity contribution in [3.63, 3.8) is 0 Å². The van der Waals surface area contributed by atoms with Gasteiger partial charge in [-0.3, -0.25) is 54.0 Å². The van der Waals surface area contributed by atoms with Crippen LogP contribution in [0, 0.1) is 31.6 Å². The fourth-order valence-electron chi connectivity index (χ4n) is 10.9. The van der Waals surface area contributed by atoms with Crippen molar-refractivity contribution in [1.29, 1.82) is 5.26 Å². The van der Waals surface area contributed by atoms with Gasteiger partial charge in [-0.05, 0) is 150 Å². The first-order valence-corrected chi connectivity index (χ1v) is 36.8. The molecule has 5 amide bonds. The van der Waals surface area contributed by atoms with Gasteiger partial charge in [-0.1, -0.05) is 176 Å². The van der Waals surface area contributed by atoms with E-state index in [0.717, 1.165) is 46.2 Å². The number of anilines is 4. The Morgan fingerprint density at radius 2 is 0.802 bits per heavy atom. The number of nitrogens with zero attached hydrogens (tertiary/aromatic N) is 4. The van der Waals surface area contributed by atoms with Crippen LogP contribution < -0.4 is 50.3 Å². The Morgan fingerprint density at radius 3 is 1.27 bits per heavy atom. The van der Waals surface area contributed by atoms with Crippen LogP contribution in [0.1, 0.15) is 46.5 Å². The van der Waals surface area contributed by atoms with Gasteiger partial charge in [0, 0.05) is 77.5 Å². The third kappa shape index (κ3) is 29.7. The fraction of sp³-hybridized carbons (Fsp3) is 0.109. The Bertz CT molecular complexity index is 5640. The summed E-state index contributed by atoms with van der Waals surface area (Å²) in [4.78, 5) is 95.2. The van der Waals surface area contributed by atoms with E-state index in [1.165, 1.54) is 104 Å². The van der Waals surface area contributed by atoms with Crippen molar-refractivity contribution < 1.29 is 84.3 Å². The monoisotopic (exact) mass is 1640 g/mol. The molecule has 12 aromatic carbocycles. The van der Waals surface area contributed by atoms with Crippen LogP contribution in [-0.2, 0) is 42.6 Å². The average molecular weight is 1640 g/mol. The fourth-order valence-corrected chi connectivity index (χ4v) is 10.9. The molecule has 0 aliphatic rings. The molecule has 0 atom stereocenters. The molecule has 1 heterocycles. The lowest BCUT2D eigenvalue weighted by atomic mass is 10.0. The van der Waals surface area contributed by atoms with Crippen molar-refractivity contribution in [1.82, 2.24) is 10.3 Å². The molecule has 0 aliphatic heterocycles. The van der Waals surface area contributed by atoms with Gasteiger partial charge in [0.05, 0.1) is 32.7 Å². The minimum Gasteiger partial charge on any atom is -0.484 e. The highest BCUT2D eigenvalue weighted by Gasteiger charge is 2.34. The number of benzene rings is 12. The van der Waals surface area contributed by atoms with E-state index in [4.69, 9.17) is 28.9 Å². The lowest BCUT2D eigenvalue weighted by Crippen LogP contribution is -2.28. The smallest absolute Gasteiger partial charge is 0.418 e. The Morgan fingerprint density at radius 1 is 0.413 bits per heavy atom. The topological polar surface area (TPSA) is 332 Å². The molecule has 29 heteroatoms. The van der Waals surface area contributed by atoms with Gasteiger partial charge in [-0.2, -0.15) is 18.4 Å². The zero-order valence-corrected chi connectivity index (χ0v) is 64.6. The van der Waals surface area contributed by atoms with E-state index in [1.807, 2.05) is 152 Å². The van der Waals surface area contributed by atoms with E-state index in [0.29, 0.717) is 63.3 Å². The predicted octanol–water partition coefficient (Wildman–Crippen LogP) is 19.1.